The van der Waals surface area contributed by atoms with Gasteiger partial charge < -0.3 is 10.2 Å². The highest BCUT2D eigenvalue weighted by Gasteiger charge is 2.37. The van der Waals surface area contributed by atoms with Crippen LogP contribution < -0.4 is 5.32 Å². The number of rotatable bonds is 5. The molecule has 0 radical (unpaired) electrons. The molecule has 112 valence electrons. The minimum absolute atomic E-state index is 0.480. The topological polar surface area (TPSA) is 15.3 Å². The molecule has 0 bridgehead atoms. The van der Waals surface area contributed by atoms with Crippen LogP contribution in [-0.2, 0) is 0 Å². The van der Waals surface area contributed by atoms with Gasteiger partial charge in [-0.15, -0.1) is 0 Å². The van der Waals surface area contributed by atoms with Crippen molar-refractivity contribution in [2.24, 2.45) is 17.3 Å². The van der Waals surface area contributed by atoms with Gasteiger partial charge in [0.1, 0.15) is 0 Å². The van der Waals surface area contributed by atoms with Crippen LogP contribution in [0.4, 0.5) is 0 Å². The zero-order chi connectivity index (χ0) is 14.0. The summed E-state index contributed by atoms with van der Waals surface area (Å²) in [5, 5.41) is 3.59. The lowest BCUT2D eigenvalue weighted by atomic mass is 9.67. The highest BCUT2D eigenvalue weighted by atomic mass is 15.2. The van der Waals surface area contributed by atoms with E-state index in [4.69, 9.17) is 0 Å². The molecule has 2 heteroatoms. The van der Waals surface area contributed by atoms with Gasteiger partial charge in [0.2, 0.25) is 0 Å². The van der Waals surface area contributed by atoms with Crippen molar-refractivity contribution in [3.63, 3.8) is 0 Å². The molecular formula is C17H34N2. The third-order valence-electron chi connectivity index (χ3n) is 5.52. The van der Waals surface area contributed by atoms with Gasteiger partial charge in [0.15, 0.2) is 0 Å². The van der Waals surface area contributed by atoms with E-state index in [1.807, 2.05) is 0 Å². The normalized spacial score (nSPS) is 32.8. The van der Waals surface area contributed by atoms with E-state index in [-0.39, 0.29) is 0 Å². The van der Waals surface area contributed by atoms with E-state index in [1.165, 1.54) is 45.2 Å². The summed E-state index contributed by atoms with van der Waals surface area (Å²) in [4.78, 5) is 2.74. The van der Waals surface area contributed by atoms with Crippen LogP contribution in [0.2, 0.25) is 0 Å². The first kappa shape index (κ1) is 15.3. The summed E-state index contributed by atoms with van der Waals surface area (Å²) in [6, 6.07) is 1.66. The summed E-state index contributed by atoms with van der Waals surface area (Å²) in [7, 11) is 2.16. The Balaban J connectivity index is 1.96. The molecule has 2 aliphatic carbocycles. The van der Waals surface area contributed by atoms with Crippen LogP contribution >= 0.6 is 0 Å². The predicted molar refractivity (Wildman–Crippen MR) is 83.4 cm³/mol. The average molecular weight is 266 g/mol. The second-order valence-electron chi connectivity index (χ2n) is 7.85. The van der Waals surface area contributed by atoms with E-state index < -0.39 is 0 Å². The third kappa shape index (κ3) is 3.95. The molecule has 0 aromatic rings. The summed E-state index contributed by atoms with van der Waals surface area (Å²) in [6.45, 7) is 12.2. The molecule has 0 saturated heterocycles. The maximum absolute atomic E-state index is 3.59. The fourth-order valence-electron chi connectivity index (χ4n) is 3.91. The number of nitrogens with zero attached hydrogens (tertiary/aromatic N) is 1. The van der Waals surface area contributed by atoms with Gasteiger partial charge in [0.25, 0.3) is 0 Å². The molecule has 2 aliphatic rings. The maximum Gasteiger partial charge on any atom is 0.0105 e. The van der Waals surface area contributed by atoms with E-state index in [9.17, 15) is 0 Å². The summed E-state index contributed by atoms with van der Waals surface area (Å²) in [6.07, 6.45) is 7.06. The highest BCUT2D eigenvalue weighted by molar-refractivity contribution is 4.92. The van der Waals surface area contributed by atoms with E-state index in [0.29, 0.717) is 5.41 Å². The lowest BCUT2D eigenvalue weighted by Gasteiger charge is -2.43. The van der Waals surface area contributed by atoms with Gasteiger partial charge in [-0.05, 0) is 62.9 Å². The van der Waals surface area contributed by atoms with Gasteiger partial charge in [-0.2, -0.15) is 0 Å². The monoisotopic (exact) mass is 266 g/mol. The second kappa shape index (κ2) is 6.13. The standard InChI is InChI=1S/C17H34N2/c1-6-19(15-8-9-15)12-13-11-14(17(2,3)4)7-10-16(13)18-5/h13-16,18H,6-12H2,1-5H3. The van der Waals surface area contributed by atoms with E-state index in [1.54, 1.807) is 0 Å². The first-order chi connectivity index (χ1) is 8.95. The molecule has 0 aromatic heterocycles. The van der Waals surface area contributed by atoms with Crippen molar-refractivity contribution in [2.45, 2.75) is 71.9 Å². The predicted octanol–water partition coefficient (Wildman–Crippen LogP) is 3.52. The van der Waals surface area contributed by atoms with Crippen molar-refractivity contribution >= 4 is 0 Å². The largest absolute Gasteiger partial charge is 0.317 e. The van der Waals surface area contributed by atoms with Gasteiger partial charge in [-0.1, -0.05) is 27.7 Å². The number of nitrogens with one attached hydrogen (secondary N) is 1. The van der Waals surface area contributed by atoms with Gasteiger partial charge in [-0.3, -0.25) is 0 Å². The lowest BCUT2D eigenvalue weighted by molar-refractivity contribution is 0.0889. The minimum Gasteiger partial charge on any atom is -0.317 e. The highest BCUT2D eigenvalue weighted by Crippen LogP contribution is 2.41. The molecular weight excluding hydrogens is 232 g/mol. The lowest BCUT2D eigenvalue weighted by Crippen LogP contribution is -2.46. The first-order valence-electron chi connectivity index (χ1n) is 8.37. The van der Waals surface area contributed by atoms with E-state index in [0.717, 1.165) is 23.9 Å². The third-order valence-corrected chi connectivity index (χ3v) is 5.52. The van der Waals surface area contributed by atoms with Crippen molar-refractivity contribution in [3.05, 3.63) is 0 Å². The van der Waals surface area contributed by atoms with Gasteiger partial charge >= 0.3 is 0 Å². The molecule has 2 fully saturated rings. The summed E-state index contributed by atoms with van der Waals surface area (Å²) in [5.74, 6) is 1.75. The van der Waals surface area contributed by atoms with Crippen molar-refractivity contribution in [1.29, 1.82) is 0 Å². The van der Waals surface area contributed by atoms with E-state index >= 15 is 0 Å². The Labute approximate surface area is 120 Å². The molecule has 2 saturated carbocycles. The first-order valence-corrected chi connectivity index (χ1v) is 8.37. The van der Waals surface area contributed by atoms with Crippen molar-refractivity contribution in [1.82, 2.24) is 10.2 Å². The summed E-state index contributed by atoms with van der Waals surface area (Å²) < 4.78 is 0. The molecule has 1 N–H and O–H groups in total. The molecule has 2 rings (SSSR count). The molecule has 0 heterocycles. The van der Waals surface area contributed by atoms with Crippen molar-refractivity contribution in [3.8, 4) is 0 Å². The Bertz CT molecular complexity index is 275. The zero-order valence-corrected chi connectivity index (χ0v) is 13.7. The summed E-state index contributed by atoms with van der Waals surface area (Å²) >= 11 is 0. The number of hydrogen-bond donors (Lipinski definition) is 1. The van der Waals surface area contributed by atoms with Crippen LogP contribution in [0, 0.1) is 17.3 Å². The number of hydrogen-bond acceptors (Lipinski definition) is 2. The second-order valence-corrected chi connectivity index (χ2v) is 7.85. The molecule has 0 aliphatic heterocycles. The maximum atomic E-state index is 3.59. The van der Waals surface area contributed by atoms with Crippen molar-refractivity contribution in [2.75, 3.05) is 20.1 Å². The molecule has 3 atom stereocenters. The summed E-state index contributed by atoms with van der Waals surface area (Å²) in [5.41, 5.74) is 0.480. The van der Waals surface area contributed by atoms with Crippen LogP contribution in [0.25, 0.3) is 0 Å². The Hall–Kier alpha value is -0.0800. The van der Waals surface area contributed by atoms with Gasteiger partial charge in [0.05, 0.1) is 0 Å². The fraction of sp³-hybridized carbons (Fsp3) is 1.00. The molecule has 0 amide bonds. The Morgan fingerprint density at radius 3 is 2.26 bits per heavy atom. The molecule has 0 aromatic carbocycles. The SMILES string of the molecule is CCN(CC1CC(C(C)(C)C)CCC1NC)C1CC1. The Kier molecular flexibility index (Phi) is 4.94. The van der Waals surface area contributed by atoms with Crippen LogP contribution in [0.3, 0.4) is 0 Å². The quantitative estimate of drug-likeness (QED) is 0.819. The van der Waals surface area contributed by atoms with Crippen LogP contribution in [-0.4, -0.2) is 37.1 Å². The Morgan fingerprint density at radius 1 is 1.11 bits per heavy atom. The van der Waals surface area contributed by atoms with Gasteiger partial charge in [0, 0.05) is 18.6 Å². The molecule has 0 spiro atoms. The smallest absolute Gasteiger partial charge is 0.0105 e. The van der Waals surface area contributed by atoms with Crippen LogP contribution in [0.5, 0.6) is 0 Å². The molecule has 19 heavy (non-hydrogen) atoms. The van der Waals surface area contributed by atoms with Crippen LogP contribution in [0.1, 0.15) is 59.8 Å². The molecule has 3 unspecified atom stereocenters. The van der Waals surface area contributed by atoms with Crippen molar-refractivity contribution < 1.29 is 0 Å². The van der Waals surface area contributed by atoms with Gasteiger partial charge in [-0.25, -0.2) is 0 Å². The molecule has 2 nitrogen and oxygen atoms in total. The average Bonchev–Trinajstić information content (AvgIpc) is 3.18. The fourth-order valence-corrected chi connectivity index (χ4v) is 3.91. The van der Waals surface area contributed by atoms with Crippen LogP contribution in [0.15, 0.2) is 0 Å². The minimum atomic E-state index is 0.480. The zero-order valence-electron chi connectivity index (χ0n) is 13.7. The van der Waals surface area contributed by atoms with E-state index in [2.05, 4.69) is 45.0 Å². The Morgan fingerprint density at radius 2 is 1.79 bits per heavy atom.